The standard InChI is InChI=1S/C21H34N4O3S/c1-4-5-11-22-18(26)12-17-14-29-21(23-17)24-19(27)13-25(15(2)3)20(28)16-9-7-6-8-10-16/h14-16H,4-13H2,1-3H3,(H,22,26)(H,23,24,27). The Kier molecular flexibility index (Phi) is 9.57. The van der Waals surface area contributed by atoms with Crippen molar-refractivity contribution in [1.29, 1.82) is 0 Å². The second-order valence-electron chi connectivity index (χ2n) is 7.97. The van der Waals surface area contributed by atoms with Crippen molar-refractivity contribution in [3.63, 3.8) is 0 Å². The zero-order valence-corrected chi connectivity index (χ0v) is 18.6. The highest BCUT2D eigenvalue weighted by Crippen LogP contribution is 2.26. The molecule has 0 spiro atoms. The van der Waals surface area contributed by atoms with Crippen LogP contribution in [0.4, 0.5) is 5.13 Å². The molecule has 0 saturated heterocycles. The van der Waals surface area contributed by atoms with Gasteiger partial charge in [0.25, 0.3) is 0 Å². The first-order valence-corrected chi connectivity index (χ1v) is 11.6. The Bertz CT molecular complexity index is 683. The number of carbonyl (C=O) groups excluding carboxylic acids is 3. The number of hydrogen-bond donors (Lipinski definition) is 2. The van der Waals surface area contributed by atoms with E-state index in [0.717, 1.165) is 38.5 Å². The third-order valence-corrected chi connectivity index (χ3v) is 5.97. The largest absolute Gasteiger partial charge is 0.356 e. The maximum absolute atomic E-state index is 12.8. The lowest BCUT2D eigenvalue weighted by Crippen LogP contribution is -2.45. The Balaban J connectivity index is 1.86. The van der Waals surface area contributed by atoms with Gasteiger partial charge in [-0.25, -0.2) is 4.98 Å². The molecular weight excluding hydrogens is 388 g/mol. The van der Waals surface area contributed by atoms with Gasteiger partial charge in [0.15, 0.2) is 5.13 Å². The maximum atomic E-state index is 12.8. The molecule has 0 aliphatic heterocycles. The molecule has 1 aromatic heterocycles. The van der Waals surface area contributed by atoms with Crippen molar-refractivity contribution in [2.24, 2.45) is 5.92 Å². The molecule has 0 aromatic carbocycles. The minimum atomic E-state index is -0.254. The summed E-state index contributed by atoms with van der Waals surface area (Å²) in [6, 6.07) is -0.0335. The van der Waals surface area contributed by atoms with Gasteiger partial charge in [0.1, 0.15) is 6.54 Å². The molecule has 2 N–H and O–H groups in total. The van der Waals surface area contributed by atoms with Gasteiger partial charge in [0.2, 0.25) is 17.7 Å². The van der Waals surface area contributed by atoms with Crippen LogP contribution >= 0.6 is 11.3 Å². The number of unbranched alkanes of at least 4 members (excludes halogenated alkanes) is 1. The van der Waals surface area contributed by atoms with Crippen LogP contribution < -0.4 is 10.6 Å². The number of nitrogens with zero attached hydrogens (tertiary/aromatic N) is 2. The van der Waals surface area contributed by atoms with E-state index >= 15 is 0 Å². The van der Waals surface area contributed by atoms with Crippen LogP contribution in [0.15, 0.2) is 5.38 Å². The Labute approximate surface area is 177 Å². The topological polar surface area (TPSA) is 91.4 Å². The van der Waals surface area contributed by atoms with Crippen LogP contribution in [0.2, 0.25) is 0 Å². The first kappa shape index (κ1) is 23.3. The number of carbonyl (C=O) groups is 3. The van der Waals surface area contributed by atoms with Crippen molar-refractivity contribution in [3.8, 4) is 0 Å². The predicted molar refractivity (Wildman–Crippen MR) is 116 cm³/mol. The minimum Gasteiger partial charge on any atom is -0.356 e. The van der Waals surface area contributed by atoms with Crippen molar-refractivity contribution < 1.29 is 14.4 Å². The smallest absolute Gasteiger partial charge is 0.245 e. The van der Waals surface area contributed by atoms with Gasteiger partial charge in [0.05, 0.1) is 12.1 Å². The van der Waals surface area contributed by atoms with Crippen LogP contribution in [-0.2, 0) is 20.8 Å². The van der Waals surface area contributed by atoms with Crippen LogP contribution in [0.25, 0.3) is 0 Å². The summed E-state index contributed by atoms with van der Waals surface area (Å²) in [5.41, 5.74) is 0.637. The molecule has 1 saturated carbocycles. The zero-order valence-electron chi connectivity index (χ0n) is 17.8. The van der Waals surface area contributed by atoms with E-state index in [-0.39, 0.29) is 42.6 Å². The van der Waals surface area contributed by atoms with E-state index in [1.165, 1.54) is 17.8 Å². The Morgan fingerprint density at radius 3 is 2.59 bits per heavy atom. The minimum absolute atomic E-state index is 0.0272. The molecule has 2 rings (SSSR count). The molecule has 1 aromatic rings. The summed E-state index contributed by atoms with van der Waals surface area (Å²) in [5.74, 6) is -0.197. The first-order chi connectivity index (χ1) is 13.9. The van der Waals surface area contributed by atoms with Crippen molar-refractivity contribution in [3.05, 3.63) is 11.1 Å². The van der Waals surface area contributed by atoms with Crippen molar-refractivity contribution in [2.45, 2.75) is 78.2 Å². The lowest BCUT2D eigenvalue weighted by molar-refractivity contribution is -0.141. The van der Waals surface area contributed by atoms with Crippen LogP contribution in [-0.4, -0.2) is 46.7 Å². The molecule has 0 unspecified atom stereocenters. The average Bonchev–Trinajstić information content (AvgIpc) is 3.12. The molecule has 3 amide bonds. The van der Waals surface area contributed by atoms with E-state index < -0.39 is 0 Å². The molecule has 162 valence electrons. The average molecular weight is 423 g/mol. The van der Waals surface area contributed by atoms with Gasteiger partial charge in [-0.1, -0.05) is 32.6 Å². The summed E-state index contributed by atoms with van der Waals surface area (Å²) >= 11 is 1.29. The normalized spacial score (nSPS) is 14.6. The zero-order chi connectivity index (χ0) is 21.2. The fourth-order valence-corrected chi connectivity index (χ4v) is 4.22. The van der Waals surface area contributed by atoms with Crippen LogP contribution in [0.1, 0.15) is 71.4 Å². The third-order valence-electron chi connectivity index (χ3n) is 5.17. The fraction of sp³-hybridized carbons (Fsp3) is 0.714. The molecule has 0 atom stereocenters. The second-order valence-corrected chi connectivity index (χ2v) is 8.83. The van der Waals surface area contributed by atoms with Crippen molar-refractivity contribution >= 4 is 34.2 Å². The van der Waals surface area contributed by atoms with Gasteiger partial charge >= 0.3 is 0 Å². The molecular formula is C21H34N4O3S. The highest BCUT2D eigenvalue weighted by atomic mass is 32.1. The number of aromatic nitrogens is 1. The molecule has 7 nitrogen and oxygen atoms in total. The molecule has 0 radical (unpaired) electrons. The van der Waals surface area contributed by atoms with Crippen LogP contribution in [0, 0.1) is 5.92 Å². The summed E-state index contributed by atoms with van der Waals surface area (Å²) in [5, 5.41) is 7.87. The molecule has 1 aliphatic rings. The summed E-state index contributed by atoms with van der Waals surface area (Å²) < 4.78 is 0. The van der Waals surface area contributed by atoms with E-state index in [0.29, 0.717) is 17.4 Å². The number of thiazole rings is 1. The van der Waals surface area contributed by atoms with Gasteiger partial charge in [-0.2, -0.15) is 0 Å². The summed E-state index contributed by atoms with van der Waals surface area (Å²) in [6.07, 6.45) is 7.38. The van der Waals surface area contributed by atoms with E-state index in [4.69, 9.17) is 0 Å². The van der Waals surface area contributed by atoms with E-state index in [1.54, 1.807) is 10.3 Å². The molecule has 1 heterocycles. The molecule has 8 heteroatoms. The Morgan fingerprint density at radius 1 is 1.21 bits per heavy atom. The van der Waals surface area contributed by atoms with Crippen LogP contribution in [0.3, 0.4) is 0 Å². The highest BCUT2D eigenvalue weighted by Gasteiger charge is 2.28. The lowest BCUT2D eigenvalue weighted by Gasteiger charge is -2.31. The monoisotopic (exact) mass is 422 g/mol. The van der Waals surface area contributed by atoms with Crippen molar-refractivity contribution in [2.75, 3.05) is 18.4 Å². The number of rotatable bonds is 10. The van der Waals surface area contributed by atoms with Gasteiger partial charge < -0.3 is 15.5 Å². The number of hydrogen-bond acceptors (Lipinski definition) is 5. The van der Waals surface area contributed by atoms with Gasteiger partial charge in [-0.15, -0.1) is 11.3 Å². The van der Waals surface area contributed by atoms with Crippen molar-refractivity contribution in [1.82, 2.24) is 15.2 Å². The number of nitrogens with one attached hydrogen (secondary N) is 2. The molecule has 0 bridgehead atoms. The number of amides is 3. The van der Waals surface area contributed by atoms with Gasteiger partial charge in [-0.05, 0) is 33.1 Å². The Morgan fingerprint density at radius 2 is 1.93 bits per heavy atom. The van der Waals surface area contributed by atoms with Gasteiger partial charge in [0, 0.05) is 23.9 Å². The highest BCUT2D eigenvalue weighted by molar-refractivity contribution is 7.13. The predicted octanol–water partition coefficient (Wildman–Crippen LogP) is 3.36. The quantitative estimate of drug-likeness (QED) is 0.566. The maximum Gasteiger partial charge on any atom is 0.245 e. The van der Waals surface area contributed by atoms with E-state index in [1.807, 2.05) is 13.8 Å². The molecule has 29 heavy (non-hydrogen) atoms. The Hall–Kier alpha value is -1.96. The molecule has 1 fully saturated rings. The van der Waals surface area contributed by atoms with Gasteiger partial charge in [-0.3, -0.25) is 14.4 Å². The van der Waals surface area contributed by atoms with Crippen LogP contribution in [0.5, 0.6) is 0 Å². The SMILES string of the molecule is CCCCNC(=O)Cc1csc(NC(=O)CN(C(=O)C2CCCCC2)C(C)C)n1. The van der Waals surface area contributed by atoms with E-state index in [2.05, 4.69) is 22.5 Å². The first-order valence-electron chi connectivity index (χ1n) is 10.7. The van der Waals surface area contributed by atoms with E-state index in [9.17, 15) is 14.4 Å². The summed E-state index contributed by atoms with van der Waals surface area (Å²) in [6.45, 7) is 6.65. The summed E-state index contributed by atoms with van der Waals surface area (Å²) in [4.78, 5) is 43.2. The lowest BCUT2D eigenvalue weighted by atomic mass is 9.88. The number of anilines is 1. The fourth-order valence-electron chi connectivity index (χ4n) is 3.49. The third kappa shape index (κ3) is 7.76. The second kappa shape index (κ2) is 11.9. The summed E-state index contributed by atoms with van der Waals surface area (Å²) in [7, 11) is 0. The molecule has 1 aliphatic carbocycles.